The molecule has 62 valence electrons. The van der Waals surface area contributed by atoms with Crippen molar-refractivity contribution >= 4 is 17.5 Å². The molecule has 1 amide bonds. The van der Waals surface area contributed by atoms with Crippen molar-refractivity contribution in [1.29, 1.82) is 0 Å². The second kappa shape index (κ2) is 2.45. The van der Waals surface area contributed by atoms with Crippen LogP contribution >= 0.6 is 11.6 Å². The maximum absolute atomic E-state index is 12.7. The fraction of sp³-hybridized carbons (Fsp3) is 0.125. The van der Waals surface area contributed by atoms with E-state index in [4.69, 9.17) is 11.6 Å². The molecular weight excluding hydrogens is 181 g/mol. The van der Waals surface area contributed by atoms with Gasteiger partial charge in [-0.2, -0.15) is 0 Å². The molecule has 0 unspecified atom stereocenters. The lowest BCUT2D eigenvalue weighted by Crippen LogP contribution is -2.12. The van der Waals surface area contributed by atoms with Gasteiger partial charge < -0.3 is 5.32 Å². The van der Waals surface area contributed by atoms with Crippen molar-refractivity contribution in [2.24, 2.45) is 0 Å². The highest BCUT2D eigenvalue weighted by atomic mass is 35.5. The van der Waals surface area contributed by atoms with Crippen LogP contribution in [0, 0.1) is 5.82 Å². The van der Waals surface area contributed by atoms with Crippen LogP contribution in [0.1, 0.15) is 15.9 Å². The molecule has 0 saturated carbocycles. The molecule has 0 aromatic heterocycles. The lowest BCUT2D eigenvalue weighted by molar-refractivity contribution is 0.0965. The maximum atomic E-state index is 12.7. The van der Waals surface area contributed by atoms with E-state index in [1.165, 1.54) is 12.1 Å². The summed E-state index contributed by atoms with van der Waals surface area (Å²) in [5, 5.41) is 2.87. The van der Waals surface area contributed by atoms with Gasteiger partial charge >= 0.3 is 0 Å². The van der Waals surface area contributed by atoms with Gasteiger partial charge in [-0.25, -0.2) is 4.39 Å². The van der Waals surface area contributed by atoms with E-state index >= 15 is 0 Å². The van der Waals surface area contributed by atoms with Crippen LogP contribution in [0.5, 0.6) is 0 Å². The summed E-state index contributed by atoms with van der Waals surface area (Å²) >= 11 is 5.71. The summed E-state index contributed by atoms with van der Waals surface area (Å²) in [6.07, 6.45) is 0. The highest BCUT2D eigenvalue weighted by Gasteiger charge is 2.21. The number of halogens is 2. The van der Waals surface area contributed by atoms with Crippen molar-refractivity contribution in [2.45, 2.75) is 6.54 Å². The summed E-state index contributed by atoms with van der Waals surface area (Å²) in [5.41, 5.74) is 1.03. The van der Waals surface area contributed by atoms with Crippen LogP contribution < -0.4 is 5.32 Å². The monoisotopic (exact) mass is 185 g/mol. The first-order valence-corrected chi connectivity index (χ1v) is 3.82. The van der Waals surface area contributed by atoms with Crippen LogP contribution in [0.25, 0.3) is 0 Å². The fourth-order valence-corrected chi connectivity index (χ4v) is 1.52. The summed E-state index contributed by atoms with van der Waals surface area (Å²) < 4.78 is 12.7. The van der Waals surface area contributed by atoms with Gasteiger partial charge in [0.1, 0.15) is 5.82 Å². The predicted molar refractivity (Wildman–Crippen MR) is 42.6 cm³/mol. The van der Waals surface area contributed by atoms with Gasteiger partial charge in [0.25, 0.3) is 5.91 Å². The van der Waals surface area contributed by atoms with Crippen molar-refractivity contribution in [3.63, 3.8) is 0 Å². The number of amides is 1. The maximum Gasteiger partial charge on any atom is 0.252 e. The zero-order valence-corrected chi connectivity index (χ0v) is 6.78. The number of nitrogens with one attached hydrogen (secondary N) is 1. The smallest absolute Gasteiger partial charge is 0.252 e. The summed E-state index contributed by atoms with van der Waals surface area (Å²) in [7, 11) is 0. The van der Waals surface area contributed by atoms with Gasteiger partial charge in [-0.3, -0.25) is 4.79 Å². The molecule has 1 heterocycles. The molecule has 0 aliphatic carbocycles. The minimum absolute atomic E-state index is 0.258. The quantitative estimate of drug-likeness (QED) is 0.655. The van der Waals surface area contributed by atoms with Crippen molar-refractivity contribution in [2.75, 3.05) is 0 Å². The molecule has 2 nitrogen and oxygen atoms in total. The van der Waals surface area contributed by atoms with Crippen molar-refractivity contribution in [3.8, 4) is 0 Å². The van der Waals surface area contributed by atoms with Gasteiger partial charge in [0, 0.05) is 22.7 Å². The third-order valence-electron chi connectivity index (χ3n) is 1.83. The Morgan fingerprint density at radius 3 is 3.00 bits per heavy atom. The Morgan fingerprint density at radius 2 is 2.25 bits per heavy atom. The largest absolute Gasteiger partial charge is 0.348 e. The van der Waals surface area contributed by atoms with Crippen LogP contribution in [0.15, 0.2) is 12.1 Å². The Labute approximate surface area is 73.3 Å². The van der Waals surface area contributed by atoms with E-state index < -0.39 is 5.82 Å². The number of fused-ring (bicyclic) bond motifs is 1. The van der Waals surface area contributed by atoms with Crippen LogP contribution in [-0.2, 0) is 6.54 Å². The molecular formula is C8H5ClFNO. The molecule has 1 aliphatic heterocycles. The van der Waals surface area contributed by atoms with E-state index in [0.717, 1.165) is 0 Å². The molecule has 0 atom stereocenters. The van der Waals surface area contributed by atoms with Crippen molar-refractivity contribution in [1.82, 2.24) is 5.32 Å². The summed E-state index contributed by atoms with van der Waals surface area (Å²) in [6, 6.07) is 2.41. The van der Waals surface area contributed by atoms with Gasteiger partial charge in [0.15, 0.2) is 0 Å². The second-order valence-electron chi connectivity index (χ2n) is 2.60. The fourth-order valence-electron chi connectivity index (χ4n) is 1.25. The highest BCUT2D eigenvalue weighted by molar-refractivity contribution is 6.32. The lowest BCUT2D eigenvalue weighted by Gasteiger charge is -1.98. The molecule has 1 aliphatic rings. The molecule has 12 heavy (non-hydrogen) atoms. The Bertz CT molecular complexity index is 364. The minimum atomic E-state index is -0.476. The number of hydrogen-bond donors (Lipinski definition) is 1. The zero-order valence-electron chi connectivity index (χ0n) is 6.03. The van der Waals surface area contributed by atoms with Gasteiger partial charge in [-0.05, 0) is 12.1 Å². The molecule has 1 aromatic rings. The second-order valence-corrected chi connectivity index (χ2v) is 3.00. The average Bonchev–Trinajstić information content (AvgIpc) is 2.33. The third-order valence-corrected chi connectivity index (χ3v) is 2.17. The number of benzene rings is 1. The number of rotatable bonds is 0. The minimum Gasteiger partial charge on any atom is -0.348 e. The van der Waals surface area contributed by atoms with E-state index in [0.29, 0.717) is 22.7 Å². The Morgan fingerprint density at radius 1 is 1.50 bits per heavy atom. The topological polar surface area (TPSA) is 29.1 Å². The van der Waals surface area contributed by atoms with Gasteiger partial charge in [0.05, 0.1) is 0 Å². The Hall–Kier alpha value is -1.09. The first-order valence-electron chi connectivity index (χ1n) is 3.44. The normalized spacial score (nSPS) is 14.3. The van der Waals surface area contributed by atoms with E-state index in [1.807, 2.05) is 0 Å². The molecule has 0 bridgehead atoms. The molecule has 0 radical (unpaired) electrons. The Balaban J connectivity index is 2.68. The summed E-state index contributed by atoms with van der Waals surface area (Å²) in [4.78, 5) is 11.0. The number of carbonyl (C=O) groups excluding carboxylic acids is 1. The van der Waals surface area contributed by atoms with E-state index in [2.05, 4.69) is 5.32 Å². The Kier molecular flexibility index (Phi) is 1.54. The molecule has 0 saturated heterocycles. The van der Waals surface area contributed by atoms with Crippen molar-refractivity contribution < 1.29 is 9.18 Å². The predicted octanol–water partition coefficient (Wildman–Crippen LogP) is 1.72. The molecule has 1 aromatic carbocycles. The van der Waals surface area contributed by atoms with E-state index in [-0.39, 0.29) is 5.91 Å². The highest BCUT2D eigenvalue weighted by Crippen LogP contribution is 2.25. The lowest BCUT2D eigenvalue weighted by atomic mass is 10.1. The molecule has 2 rings (SSSR count). The summed E-state index contributed by atoms with van der Waals surface area (Å²) in [5.74, 6) is -0.734. The SMILES string of the molecule is O=C1NCc2c(Cl)cc(F)cc21. The molecule has 1 N–H and O–H groups in total. The molecule has 0 spiro atoms. The number of carbonyl (C=O) groups is 1. The van der Waals surface area contributed by atoms with Crippen molar-refractivity contribution in [3.05, 3.63) is 34.1 Å². The van der Waals surface area contributed by atoms with E-state index in [9.17, 15) is 9.18 Å². The number of hydrogen-bond acceptors (Lipinski definition) is 1. The third kappa shape index (κ3) is 0.975. The van der Waals surface area contributed by atoms with Gasteiger partial charge in [0.2, 0.25) is 0 Å². The van der Waals surface area contributed by atoms with Crippen LogP contribution in [0.3, 0.4) is 0 Å². The van der Waals surface area contributed by atoms with Crippen LogP contribution in [-0.4, -0.2) is 5.91 Å². The van der Waals surface area contributed by atoms with Gasteiger partial charge in [-0.1, -0.05) is 11.6 Å². The zero-order chi connectivity index (χ0) is 8.72. The first kappa shape index (κ1) is 7.55. The van der Waals surface area contributed by atoms with Crippen LogP contribution in [0.4, 0.5) is 4.39 Å². The standard InChI is InChI=1S/C8H5ClFNO/c9-7-2-4(10)1-5-6(7)3-11-8(5)12/h1-2H,3H2,(H,11,12). The average molecular weight is 186 g/mol. The first-order chi connectivity index (χ1) is 5.68. The van der Waals surface area contributed by atoms with E-state index in [1.54, 1.807) is 0 Å². The molecule has 4 heteroatoms. The van der Waals surface area contributed by atoms with Crippen LogP contribution in [0.2, 0.25) is 5.02 Å². The van der Waals surface area contributed by atoms with Gasteiger partial charge in [-0.15, -0.1) is 0 Å². The summed E-state index contributed by atoms with van der Waals surface area (Å²) in [6.45, 7) is 0.396. The molecule has 0 fully saturated rings.